The molecule has 0 atom stereocenters. The summed E-state index contributed by atoms with van der Waals surface area (Å²) in [5, 5.41) is 0. The van der Waals surface area contributed by atoms with E-state index in [1.165, 1.54) is 11.1 Å². The molecule has 108 valence electrons. The van der Waals surface area contributed by atoms with E-state index < -0.39 is 0 Å². The Kier molecular flexibility index (Phi) is 3.29. The number of oxazole rings is 1. The normalized spacial score (nSPS) is 10.9. The number of aromatic nitrogens is 1. The largest absolute Gasteiger partial charge is 0.497 e. The molecule has 2 aromatic carbocycles. The first kappa shape index (κ1) is 13.5. The van der Waals surface area contributed by atoms with E-state index >= 15 is 0 Å². The molecule has 0 saturated heterocycles. The minimum absolute atomic E-state index is 0.550. The van der Waals surface area contributed by atoms with Gasteiger partial charge in [-0.15, -0.1) is 0 Å². The van der Waals surface area contributed by atoms with Crippen LogP contribution in [-0.2, 0) is 0 Å². The molecule has 0 unspecified atom stereocenters. The van der Waals surface area contributed by atoms with E-state index in [9.17, 15) is 0 Å². The Morgan fingerprint density at radius 2 is 1.71 bits per heavy atom. The molecule has 0 N–H and O–H groups in total. The first-order valence-corrected chi connectivity index (χ1v) is 6.72. The lowest BCUT2D eigenvalue weighted by molar-refractivity contribution is 0.394. The topological polar surface area (TPSA) is 44.5 Å². The second-order valence-electron chi connectivity index (χ2n) is 4.99. The SMILES string of the molecule is COc1ccc(-c2nc3cc(C)c(C)cc3o2)c(OC)c1. The summed E-state index contributed by atoms with van der Waals surface area (Å²) in [6, 6.07) is 9.62. The molecule has 3 aromatic rings. The number of fused-ring (bicyclic) bond motifs is 1. The van der Waals surface area contributed by atoms with Gasteiger partial charge in [0, 0.05) is 6.07 Å². The van der Waals surface area contributed by atoms with Gasteiger partial charge in [0.25, 0.3) is 0 Å². The Labute approximate surface area is 123 Å². The lowest BCUT2D eigenvalue weighted by atomic mass is 10.1. The number of ether oxygens (including phenoxy) is 2. The zero-order chi connectivity index (χ0) is 15.0. The van der Waals surface area contributed by atoms with Crippen molar-refractivity contribution in [3.05, 3.63) is 41.5 Å². The molecular weight excluding hydrogens is 266 g/mol. The van der Waals surface area contributed by atoms with Gasteiger partial charge in [0.1, 0.15) is 17.0 Å². The molecular formula is C17H17NO3. The van der Waals surface area contributed by atoms with E-state index in [0.717, 1.165) is 22.4 Å². The van der Waals surface area contributed by atoms with Gasteiger partial charge in [-0.2, -0.15) is 0 Å². The highest BCUT2D eigenvalue weighted by Gasteiger charge is 2.14. The number of methoxy groups -OCH3 is 2. The summed E-state index contributed by atoms with van der Waals surface area (Å²) in [4.78, 5) is 4.56. The molecule has 0 aliphatic carbocycles. The average Bonchev–Trinajstić information content (AvgIpc) is 2.89. The Morgan fingerprint density at radius 1 is 0.952 bits per heavy atom. The standard InChI is InChI=1S/C17H17NO3/c1-10-7-14-16(8-11(10)2)21-17(18-14)13-6-5-12(19-3)9-15(13)20-4/h5-9H,1-4H3. The van der Waals surface area contributed by atoms with Crippen LogP contribution in [0.15, 0.2) is 34.7 Å². The van der Waals surface area contributed by atoms with Gasteiger partial charge in [-0.05, 0) is 49.2 Å². The molecule has 4 nitrogen and oxygen atoms in total. The minimum Gasteiger partial charge on any atom is -0.497 e. The molecule has 21 heavy (non-hydrogen) atoms. The van der Waals surface area contributed by atoms with Crippen LogP contribution in [-0.4, -0.2) is 19.2 Å². The smallest absolute Gasteiger partial charge is 0.231 e. The maximum Gasteiger partial charge on any atom is 0.231 e. The van der Waals surface area contributed by atoms with Crippen LogP contribution >= 0.6 is 0 Å². The van der Waals surface area contributed by atoms with E-state index in [1.54, 1.807) is 14.2 Å². The molecule has 0 saturated carbocycles. The molecule has 0 radical (unpaired) electrons. The van der Waals surface area contributed by atoms with Crippen molar-refractivity contribution < 1.29 is 13.9 Å². The molecule has 4 heteroatoms. The fraction of sp³-hybridized carbons (Fsp3) is 0.235. The molecule has 0 aliphatic rings. The third kappa shape index (κ3) is 2.33. The second-order valence-corrected chi connectivity index (χ2v) is 4.99. The Hall–Kier alpha value is -2.49. The molecule has 0 fully saturated rings. The van der Waals surface area contributed by atoms with Crippen molar-refractivity contribution in [3.63, 3.8) is 0 Å². The molecule has 0 spiro atoms. The summed E-state index contributed by atoms with van der Waals surface area (Å²) in [5.74, 6) is 1.96. The van der Waals surface area contributed by atoms with Crippen LogP contribution in [0.1, 0.15) is 11.1 Å². The minimum atomic E-state index is 0.550. The molecule has 0 amide bonds. The van der Waals surface area contributed by atoms with Crippen LogP contribution in [0.25, 0.3) is 22.6 Å². The van der Waals surface area contributed by atoms with Crippen LogP contribution in [0, 0.1) is 13.8 Å². The summed E-state index contributed by atoms with van der Waals surface area (Å²) in [5.41, 5.74) is 4.83. The molecule has 0 aliphatic heterocycles. The lowest BCUT2D eigenvalue weighted by Crippen LogP contribution is -1.90. The quantitative estimate of drug-likeness (QED) is 0.725. The number of aryl methyl sites for hydroxylation is 2. The van der Waals surface area contributed by atoms with Crippen LogP contribution in [0.3, 0.4) is 0 Å². The third-order valence-corrected chi connectivity index (χ3v) is 3.64. The maximum absolute atomic E-state index is 5.87. The highest BCUT2D eigenvalue weighted by Crippen LogP contribution is 2.34. The summed E-state index contributed by atoms with van der Waals surface area (Å²) >= 11 is 0. The van der Waals surface area contributed by atoms with Crippen molar-refractivity contribution in [1.82, 2.24) is 4.98 Å². The van der Waals surface area contributed by atoms with Crippen molar-refractivity contribution >= 4 is 11.1 Å². The lowest BCUT2D eigenvalue weighted by Gasteiger charge is -2.07. The third-order valence-electron chi connectivity index (χ3n) is 3.64. The van der Waals surface area contributed by atoms with Crippen molar-refractivity contribution in [2.75, 3.05) is 14.2 Å². The summed E-state index contributed by atoms with van der Waals surface area (Å²) < 4.78 is 16.5. The Morgan fingerprint density at radius 3 is 2.43 bits per heavy atom. The maximum atomic E-state index is 5.87. The van der Waals surface area contributed by atoms with Gasteiger partial charge in [-0.1, -0.05) is 0 Å². The Bertz CT molecular complexity index is 766. The first-order valence-electron chi connectivity index (χ1n) is 6.72. The number of hydrogen-bond acceptors (Lipinski definition) is 4. The van der Waals surface area contributed by atoms with Crippen molar-refractivity contribution in [2.24, 2.45) is 0 Å². The zero-order valence-corrected chi connectivity index (χ0v) is 12.6. The second kappa shape index (κ2) is 5.13. The van der Waals surface area contributed by atoms with Crippen LogP contribution in [0.4, 0.5) is 0 Å². The predicted molar refractivity (Wildman–Crippen MR) is 82.0 cm³/mol. The number of nitrogens with zero attached hydrogens (tertiary/aromatic N) is 1. The van der Waals surface area contributed by atoms with E-state index in [2.05, 4.69) is 18.8 Å². The number of rotatable bonds is 3. The predicted octanol–water partition coefficient (Wildman–Crippen LogP) is 4.13. The van der Waals surface area contributed by atoms with Crippen LogP contribution in [0.2, 0.25) is 0 Å². The monoisotopic (exact) mass is 283 g/mol. The average molecular weight is 283 g/mol. The van der Waals surface area contributed by atoms with Gasteiger partial charge >= 0.3 is 0 Å². The number of hydrogen-bond donors (Lipinski definition) is 0. The van der Waals surface area contributed by atoms with E-state index in [-0.39, 0.29) is 0 Å². The summed E-state index contributed by atoms with van der Waals surface area (Å²) in [6.45, 7) is 4.13. The van der Waals surface area contributed by atoms with Crippen molar-refractivity contribution in [3.8, 4) is 23.0 Å². The van der Waals surface area contributed by atoms with Gasteiger partial charge in [-0.3, -0.25) is 0 Å². The highest BCUT2D eigenvalue weighted by molar-refractivity contribution is 5.79. The van der Waals surface area contributed by atoms with Crippen LogP contribution < -0.4 is 9.47 Å². The van der Waals surface area contributed by atoms with Gasteiger partial charge in [-0.25, -0.2) is 4.98 Å². The van der Waals surface area contributed by atoms with Crippen molar-refractivity contribution in [2.45, 2.75) is 13.8 Å². The van der Waals surface area contributed by atoms with Gasteiger partial charge in [0.05, 0.1) is 19.8 Å². The molecule has 0 bridgehead atoms. The van der Waals surface area contributed by atoms with Crippen LogP contribution in [0.5, 0.6) is 11.5 Å². The molecule has 3 rings (SSSR count). The fourth-order valence-electron chi connectivity index (χ4n) is 2.27. The summed E-state index contributed by atoms with van der Waals surface area (Å²) in [7, 11) is 3.24. The number of benzene rings is 2. The van der Waals surface area contributed by atoms with Crippen molar-refractivity contribution in [1.29, 1.82) is 0 Å². The fourth-order valence-corrected chi connectivity index (χ4v) is 2.27. The van der Waals surface area contributed by atoms with Gasteiger partial charge in [0.2, 0.25) is 5.89 Å². The van der Waals surface area contributed by atoms with E-state index in [0.29, 0.717) is 11.6 Å². The molecule has 1 aromatic heterocycles. The van der Waals surface area contributed by atoms with E-state index in [1.807, 2.05) is 30.3 Å². The highest BCUT2D eigenvalue weighted by atomic mass is 16.5. The zero-order valence-electron chi connectivity index (χ0n) is 12.6. The molecule has 1 heterocycles. The Balaban J connectivity index is 2.16. The van der Waals surface area contributed by atoms with Gasteiger partial charge < -0.3 is 13.9 Å². The summed E-state index contributed by atoms with van der Waals surface area (Å²) in [6.07, 6.45) is 0. The van der Waals surface area contributed by atoms with E-state index in [4.69, 9.17) is 13.9 Å². The van der Waals surface area contributed by atoms with Gasteiger partial charge in [0.15, 0.2) is 5.58 Å². The first-order chi connectivity index (χ1) is 10.1.